The molecule has 2 aliphatic rings. The molecule has 2 heterocycles. The fraction of sp³-hybridized carbons (Fsp3) is 0.938. The van der Waals surface area contributed by atoms with Crippen LogP contribution in [0.25, 0.3) is 0 Å². The molecule has 122 valence electrons. The third-order valence-electron chi connectivity index (χ3n) is 5.18. The Morgan fingerprint density at radius 3 is 2.29 bits per heavy atom. The van der Waals surface area contributed by atoms with Crippen molar-refractivity contribution in [2.45, 2.75) is 57.7 Å². The molecule has 1 unspecified atom stereocenters. The van der Waals surface area contributed by atoms with E-state index in [0.29, 0.717) is 12.1 Å². The van der Waals surface area contributed by atoms with Crippen LogP contribution in [0, 0.1) is 5.92 Å². The first-order valence-corrected chi connectivity index (χ1v) is 8.34. The predicted molar refractivity (Wildman–Crippen MR) is 84.0 cm³/mol. The van der Waals surface area contributed by atoms with Crippen LogP contribution in [0.15, 0.2) is 0 Å². The van der Waals surface area contributed by atoms with E-state index in [2.05, 4.69) is 18.7 Å². The van der Waals surface area contributed by atoms with Gasteiger partial charge in [-0.1, -0.05) is 0 Å². The molecule has 21 heavy (non-hydrogen) atoms. The van der Waals surface area contributed by atoms with Crippen molar-refractivity contribution in [2.24, 2.45) is 11.7 Å². The molecule has 1 amide bonds. The molecule has 0 aliphatic carbocycles. The number of carbonyl (C=O) groups is 1. The average molecular weight is 297 g/mol. The summed E-state index contributed by atoms with van der Waals surface area (Å²) in [6.45, 7) is 8.09. The van der Waals surface area contributed by atoms with E-state index in [0.717, 1.165) is 52.0 Å². The van der Waals surface area contributed by atoms with E-state index in [4.69, 9.17) is 10.5 Å². The summed E-state index contributed by atoms with van der Waals surface area (Å²) in [4.78, 5) is 17.0. The Hall–Kier alpha value is -0.650. The zero-order valence-electron chi connectivity index (χ0n) is 13.8. The summed E-state index contributed by atoms with van der Waals surface area (Å²) in [5.41, 5.74) is 6.22. The monoisotopic (exact) mass is 297 g/mol. The molecular weight excluding hydrogens is 266 g/mol. The highest BCUT2D eigenvalue weighted by molar-refractivity contribution is 5.82. The van der Waals surface area contributed by atoms with Crippen molar-refractivity contribution in [1.82, 2.24) is 9.80 Å². The van der Waals surface area contributed by atoms with Crippen LogP contribution in [0.1, 0.15) is 39.5 Å². The highest BCUT2D eigenvalue weighted by atomic mass is 16.5. The van der Waals surface area contributed by atoms with Crippen molar-refractivity contribution in [3.63, 3.8) is 0 Å². The van der Waals surface area contributed by atoms with Crippen molar-refractivity contribution in [2.75, 3.05) is 33.4 Å². The molecule has 0 aromatic carbocycles. The van der Waals surface area contributed by atoms with Crippen molar-refractivity contribution >= 4 is 5.91 Å². The molecule has 2 rings (SSSR count). The minimum atomic E-state index is -0.359. The summed E-state index contributed by atoms with van der Waals surface area (Å²) in [6.07, 6.45) is 3.93. The van der Waals surface area contributed by atoms with Gasteiger partial charge in [0, 0.05) is 45.4 Å². The first-order valence-electron chi connectivity index (χ1n) is 8.34. The maximum Gasteiger partial charge on any atom is 0.239 e. The molecular formula is C16H31N3O2. The lowest BCUT2D eigenvalue weighted by Crippen LogP contribution is -2.53. The van der Waals surface area contributed by atoms with Gasteiger partial charge in [0.05, 0.1) is 6.04 Å². The molecule has 0 aromatic rings. The van der Waals surface area contributed by atoms with Gasteiger partial charge in [-0.2, -0.15) is 0 Å². The van der Waals surface area contributed by atoms with E-state index in [1.165, 1.54) is 0 Å². The molecule has 2 N–H and O–H groups in total. The van der Waals surface area contributed by atoms with Gasteiger partial charge in [-0.05, 0) is 45.4 Å². The number of likely N-dealkylation sites (N-methyl/N-ethyl adjacent to an activating group) is 1. The third kappa shape index (κ3) is 4.18. The van der Waals surface area contributed by atoms with Gasteiger partial charge in [-0.3, -0.25) is 4.79 Å². The van der Waals surface area contributed by atoms with Crippen LogP contribution in [0.3, 0.4) is 0 Å². The molecule has 5 heteroatoms. The quantitative estimate of drug-likeness (QED) is 0.843. The number of carbonyl (C=O) groups excluding carboxylic acids is 1. The van der Waals surface area contributed by atoms with E-state index in [9.17, 15) is 4.79 Å². The molecule has 0 aromatic heterocycles. The molecule has 0 saturated carbocycles. The summed E-state index contributed by atoms with van der Waals surface area (Å²) in [6, 6.07) is 0.580. The second-order valence-electron chi connectivity index (χ2n) is 6.79. The fourth-order valence-corrected chi connectivity index (χ4v) is 3.48. The largest absolute Gasteiger partial charge is 0.381 e. The molecule has 0 spiro atoms. The predicted octanol–water partition coefficient (Wildman–Crippen LogP) is 1.07. The number of nitrogens with zero attached hydrogens (tertiary/aromatic N) is 2. The molecule has 2 fully saturated rings. The number of amides is 1. The summed E-state index contributed by atoms with van der Waals surface area (Å²) in [5, 5.41) is 0. The van der Waals surface area contributed by atoms with Crippen LogP contribution >= 0.6 is 0 Å². The van der Waals surface area contributed by atoms with Crippen LogP contribution in [0.4, 0.5) is 0 Å². The summed E-state index contributed by atoms with van der Waals surface area (Å²) < 4.78 is 5.35. The molecule has 1 atom stereocenters. The Morgan fingerprint density at radius 2 is 1.76 bits per heavy atom. The Morgan fingerprint density at radius 1 is 1.19 bits per heavy atom. The second-order valence-corrected chi connectivity index (χ2v) is 6.79. The smallest absolute Gasteiger partial charge is 0.239 e. The zero-order valence-corrected chi connectivity index (χ0v) is 13.8. The zero-order chi connectivity index (χ0) is 15.4. The van der Waals surface area contributed by atoms with Crippen LogP contribution in [-0.2, 0) is 9.53 Å². The number of piperidine rings is 1. The maximum atomic E-state index is 12.6. The van der Waals surface area contributed by atoms with Crippen LogP contribution in [0.5, 0.6) is 0 Å². The topological polar surface area (TPSA) is 58.8 Å². The summed E-state index contributed by atoms with van der Waals surface area (Å²) in [7, 11) is 1.93. The lowest BCUT2D eigenvalue weighted by atomic mass is 9.90. The highest BCUT2D eigenvalue weighted by Crippen LogP contribution is 2.22. The van der Waals surface area contributed by atoms with E-state index in [-0.39, 0.29) is 17.9 Å². The van der Waals surface area contributed by atoms with Crippen molar-refractivity contribution in [3.8, 4) is 0 Å². The van der Waals surface area contributed by atoms with Gasteiger partial charge in [-0.15, -0.1) is 0 Å². The number of nitrogens with two attached hydrogens (primary N) is 1. The Bertz CT molecular complexity index is 334. The van der Waals surface area contributed by atoms with E-state index < -0.39 is 0 Å². The van der Waals surface area contributed by atoms with Gasteiger partial charge in [0.15, 0.2) is 0 Å². The molecule has 5 nitrogen and oxygen atoms in total. The van der Waals surface area contributed by atoms with E-state index in [1.807, 2.05) is 11.9 Å². The standard InChI is InChI=1S/C16H31N3O2/c1-12(2)19-8-4-14(5-9-19)18(3)16(20)15(17)13-6-10-21-11-7-13/h12-15H,4-11,17H2,1-3H3. The molecule has 2 saturated heterocycles. The van der Waals surface area contributed by atoms with Crippen molar-refractivity contribution in [3.05, 3.63) is 0 Å². The lowest BCUT2D eigenvalue weighted by molar-refractivity contribution is -0.136. The number of ether oxygens (including phenoxy) is 1. The van der Waals surface area contributed by atoms with Crippen LogP contribution in [0.2, 0.25) is 0 Å². The van der Waals surface area contributed by atoms with Gasteiger partial charge < -0.3 is 20.3 Å². The highest BCUT2D eigenvalue weighted by Gasteiger charge is 2.32. The van der Waals surface area contributed by atoms with Gasteiger partial charge in [0.2, 0.25) is 5.91 Å². The first kappa shape index (κ1) is 16.7. The van der Waals surface area contributed by atoms with Crippen molar-refractivity contribution < 1.29 is 9.53 Å². The Balaban J connectivity index is 1.84. The van der Waals surface area contributed by atoms with Crippen LogP contribution in [-0.4, -0.2) is 67.2 Å². The van der Waals surface area contributed by atoms with E-state index in [1.54, 1.807) is 0 Å². The summed E-state index contributed by atoms with van der Waals surface area (Å²) >= 11 is 0. The SMILES string of the molecule is CC(C)N1CCC(N(C)C(=O)C(N)C2CCOCC2)CC1. The van der Waals surface area contributed by atoms with E-state index >= 15 is 0 Å². The van der Waals surface area contributed by atoms with Crippen LogP contribution < -0.4 is 5.73 Å². The number of likely N-dealkylation sites (tertiary alicyclic amines) is 1. The van der Waals surface area contributed by atoms with Gasteiger partial charge >= 0.3 is 0 Å². The van der Waals surface area contributed by atoms with Gasteiger partial charge in [0.1, 0.15) is 0 Å². The molecule has 2 aliphatic heterocycles. The van der Waals surface area contributed by atoms with Gasteiger partial charge in [0.25, 0.3) is 0 Å². The first-order chi connectivity index (χ1) is 10.0. The lowest BCUT2D eigenvalue weighted by Gasteiger charge is -2.40. The summed E-state index contributed by atoms with van der Waals surface area (Å²) in [5.74, 6) is 0.398. The molecule has 0 bridgehead atoms. The number of hydrogen-bond acceptors (Lipinski definition) is 4. The molecule has 0 radical (unpaired) electrons. The Kier molecular flexibility index (Phi) is 6.02. The normalized spacial score (nSPS) is 24.2. The maximum absolute atomic E-state index is 12.6. The average Bonchev–Trinajstić information content (AvgIpc) is 2.53. The number of rotatable bonds is 4. The van der Waals surface area contributed by atoms with Gasteiger partial charge in [-0.25, -0.2) is 0 Å². The minimum absolute atomic E-state index is 0.116. The Labute approximate surface area is 128 Å². The number of hydrogen-bond donors (Lipinski definition) is 1. The second kappa shape index (κ2) is 7.56. The van der Waals surface area contributed by atoms with Crippen molar-refractivity contribution in [1.29, 1.82) is 0 Å². The third-order valence-corrected chi connectivity index (χ3v) is 5.18. The fourth-order valence-electron chi connectivity index (χ4n) is 3.48. The minimum Gasteiger partial charge on any atom is -0.381 e.